The third kappa shape index (κ3) is 4.23. The summed E-state index contributed by atoms with van der Waals surface area (Å²) in [6.07, 6.45) is 1.72. The van der Waals surface area contributed by atoms with E-state index in [-0.39, 0.29) is 11.5 Å². The van der Waals surface area contributed by atoms with Crippen molar-refractivity contribution in [3.8, 4) is 0 Å². The number of rotatable bonds is 5. The summed E-state index contributed by atoms with van der Waals surface area (Å²) < 4.78 is 8.46. The Hall–Kier alpha value is -2.17. The van der Waals surface area contributed by atoms with Crippen LogP contribution in [0.25, 0.3) is 6.08 Å². The molecule has 1 atom stereocenters. The number of aromatic nitrogens is 1. The number of amides is 1. The third-order valence-electron chi connectivity index (χ3n) is 5.36. The van der Waals surface area contributed by atoms with Crippen molar-refractivity contribution < 1.29 is 9.21 Å². The molecule has 0 saturated heterocycles. The molecule has 1 aliphatic heterocycles. The number of fused-ring (bicyclic) bond motifs is 1. The number of thiazole rings is 1. The Balaban J connectivity index is 1.96. The van der Waals surface area contributed by atoms with Gasteiger partial charge in [-0.15, -0.1) is 0 Å². The van der Waals surface area contributed by atoms with Crippen molar-refractivity contribution in [2.75, 3.05) is 13.1 Å². The number of allylic oxidation sites excluding steroid dienone is 1. The Labute approximate surface area is 207 Å². The van der Waals surface area contributed by atoms with Crippen LogP contribution >= 0.6 is 45.5 Å². The molecule has 3 aromatic rings. The molecule has 4 rings (SSSR count). The maximum Gasteiger partial charge on any atom is 0.271 e. The van der Waals surface area contributed by atoms with Crippen LogP contribution in [0, 0.1) is 3.77 Å². The lowest BCUT2D eigenvalue weighted by molar-refractivity contribution is -0.127. The number of hydrogen-bond acceptors (Lipinski definition) is 5. The van der Waals surface area contributed by atoms with Gasteiger partial charge in [0.25, 0.3) is 11.5 Å². The van der Waals surface area contributed by atoms with Crippen molar-refractivity contribution >= 4 is 57.5 Å². The van der Waals surface area contributed by atoms with Gasteiger partial charge in [-0.25, -0.2) is 4.99 Å². The number of hydrogen-bond donors (Lipinski definition) is 0. The fourth-order valence-electron chi connectivity index (χ4n) is 3.77. The van der Waals surface area contributed by atoms with Crippen molar-refractivity contribution in [1.82, 2.24) is 9.47 Å². The predicted octanol–water partition coefficient (Wildman–Crippen LogP) is 3.95. The van der Waals surface area contributed by atoms with Gasteiger partial charge in [0, 0.05) is 24.2 Å². The summed E-state index contributed by atoms with van der Waals surface area (Å²) in [5.74, 6) is 0.476. The fraction of sp³-hybridized carbons (Fsp3) is 0.261. The quantitative estimate of drug-likeness (QED) is 0.429. The summed E-state index contributed by atoms with van der Waals surface area (Å²) in [7, 11) is 0. The first kappa shape index (κ1) is 23.0. The summed E-state index contributed by atoms with van der Waals surface area (Å²) in [6.45, 7) is 6.84. The van der Waals surface area contributed by atoms with Crippen molar-refractivity contribution in [3.05, 3.63) is 87.5 Å². The van der Waals surface area contributed by atoms with Gasteiger partial charge in [-0.3, -0.25) is 14.2 Å². The van der Waals surface area contributed by atoms with E-state index in [9.17, 15) is 9.59 Å². The predicted molar refractivity (Wildman–Crippen MR) is 135 cm³/mol. The van der Waals surface area contributed by atoms with E-state index >= 15 is 0 Å². The standard InChI is InChI=1S/C23H21ClIN3O3S/c1-4-27(5-2)22(30)19-13(3)26-23-28(20(19)14-6-8-15(24)9-7-14)21(29)17(32-23)12-16-10-11-18(25)31-16/h6-12,20H,4-5H2,1-3H3/b17-12+/t20-/m0/s1. The molecule has 9 heteroatoms. The highest BCUT2D eigenvalue weighted by Gasteiger charge is 2.34. The van der Waals surface area contributed by atoms with Crippen LogP contribution in [0.1, 0.15) is 38.1 Å². The van der Waals surface area contributed by atoms with E-state index < -0.39 is 6.04 Å². The molecule has 0 unspecified atom stereocenters. The smallest absolute Gasteiger partial charge is 0.271 e. The van der Waals surface area contributed by atoms with Crippen LogP contribution in [-0.4, -0.2) is 28.5 Å². The number of furan rings is 1. The molecule has 0 N–H and O–H groups in total. The summed E-state index contributed by atoms with van der Waals surface area (Å²) >= 11 is 9.48. The molecule has 6 nitrogen and oxygen atoms in total. The van der Waals surface area contributed by atoms with Crippen LogP contribution in [0.3, 0.4) is 0 Å². The first-order valence-electron chi connectivity index (χ1n) is 10.2. The SMILES string of the molecule is CCN(CC)C(=O)C1=C(C)N=c2s/c(=C/c3ccc(I)o3)c(=O)n2[C@H]1c1ccc(Cl)cc1. The van der Waals surface area contributed by atoms with Crippen LogP contribution < -0.4 is 14.9 Å². The Morgan fingerprint density at radius 1 is 1.25 bits per heavy atom. The molecule has 0 bridgehead atoms. The number of benzene rings is 1. The zero-order chi connectivity index (χ0) is 23.0. The second-order valence-corrected chi connectivity index (χ2v) is 9.76. The van der Waals surface area contributed by atoms with Crippen LogP contribution in [0.5, 0.6) is 0 Å². The summed E-state index contributed by atoms with van der Waals surface area (Å²) in [4.78, 5) is 34.0. The van der Waals surface area contributed by atoms with Gasteiger partial charge in [0.1, 0.15) is 5.76 Å². The normalized spacial score (nSPS) is 16.2. The lowest BCUT2D eigenvalue weighted by atomic mass is 9.94. The first-order valence-corrected chi connectivity index (χ1v) is 12.4. The van der Waals surface area contributed by atoms with E-state index in [2.05, 4.69) is 27.6 Å². The second kappa shape index (κ2) is 9.36. The average Bonchev–Trinajstić information content (AvgIpc) is 3.31. The van der Waals surface area contributed by atoms with Crippen molar-refractivity contribution in [3.63, 3.8) is 0 Å². The molecule has 1 amide bonds. The van der Waals surface area contributed by atoms with E-state index in [0.29, 0.717) is 44.5 Å². The minimum atomic E-state index is -0.587. The molecule has 3 heterocycles. The zero-order valence-electron chi connectivity index (χ0n) is 17.8. The molecule has 1 aliphatic rings. The second-order valence-electron chi connectivity index (χ2n) is 7.25. The third-order valence-corrected chi connectivity index (χ3v) is 7.17. The highest BCUT2D eigenvalue weighted by atomic mass is 127. The van der Waals surface area contributed by atoms with Gasteiger partial charge in [-0.2, -0.15) is 0 Å². The van der Waals surface area contributed by atoms with Crippen molar-refractivity contribution in [2.45, 2.75) is 26.8 Å². The van der Waals surface area contributed by atoms with Gasteiger partial charge in [0.2, 0.25) is 0 Å². The number of carbonyl (C=O) groups excluding carboxylic acids is 1. The maximum absolute atomic E-state index is 13.5. The van der Waals surface area contributed by atoms with Gasteiger partial charge in [0.05, 0.1) is 21.8 Å². The first-order chi connectivity index (χ1) is 15.3. The Kier molecular flexibility index (Phi) is 6.73. The molecule has 1 aromatic carbocycles. The lowest BCUT2D eigenvalue weighted by Gasteiger charge is -2.29. The van der Waals surface area contributed by atoms with E-state index in [1.54, 1.807) is 27.7 Å². The highest BCUT2D eigenvalue weighted by Crippen LogP contribution is 2.31. The fourth-order valence-corrected chi connectivity index (χ4v) is 5.36. The zero-order valence-corrected chi connectivity index (χ0v) is 21.5. The maximum atomic E-state index is 13.5. The Bertz CT molecular complexity index is 1380. The topological polar surface area (TPSA) is 67.8 Å². The van der Waals surface area contributed by atoms with Crippen LogP contribution in [0.2, 0.25) is 5.02 Å². The van der Waals surface area contributed by atoms with Crippen molar-refractivity contribution in [1.29, 1.82) is 0 Å². The molecule has 0 spiro atoms. The summed E-state index contributed by atoms with van der Waals surface area (Å²) in [5, 5.41) is 0.589. The van der Waals surface area contributed by atoms with E-state index in [1.807, 2.05) is 45.0 Å². The number of nitrogens with zero attached hydrogens (tertiary/aromatic N) is 3. The minimum absolute atomic E-state index is 0.119. The summed E-state index contributed by atoms with van der Waals surface area (Å²) in [6, 6.07) is 10.3. The molecule has 0 radical (unpaired) electrons. The van der Waals surface area contributed by atoms with Crippen LogP contribution in [-0.2, 0) is 4.79 Å². The van der Waals surface area contributed by atoms with E-state index in [1.165, 1.54) is 11.3 Å². The minimum Gasteiger partial charge on any atom is -0.451 e. The highest BCUT2D eigenvalue weighted by molar-refractivity contribution is 14.1. The van der Waals surface area contributed by atoms with Gasteiger partial charge < -0.3 is 9.32 Å². The molecule has 0 fully saturated rings. The molecule has 0 aliphatic carbocycles. The number of likely N-dealkylation sites (N-methyl/N-ethyl adjacent to an activating group) is 1. The molecular formula is C23H21ClIN3O3S. The Morgan fingerprint density at radius 2 is 1.94 bits per heavy atom. The monoisotopic (exact) mass is 581 g/mol. The number of halogens is 2. The van der Waals surface area contributed by atoms with Crippen molar-refractivity contribution in [2.24, 2.45) is 4.99 Å². The largest absolute Gasteiger partial charge is 0.451 e. The molecule has 2 aromatic heterocycles. The molecular weight excluding hydrogens is 561 g/mol. The van der Waals surface area contributed by atoms with Crippen LogP contribution in [0.15, 0.2) is 61.9 Å². The molecule has 32 heavy (non-hydrogen) atoms. The number of carbonyl (C=O) groups is 1. The lowest BCUT2D eigenvalue weighted by Crippen LogP contribution is -2.43. The average molecular weight is 582 g/mol. The van der Waals surface area contributed by atoms with Gasteiger partial charge in [0.15, 0.2) is 8.57 Å². The molecule has 166 valence electrons. The van der Waals surface area contributed by atoms with Gasteiger partial charge in [-0.1, -0.05) is 35.1 Å². The Morgan fingerprint density at radius 3 is 2.53 bits per heavy atom. The van der Waals surface area contributed by atoms with E-state index in [0.717, 1.165) is 9.33 Å². The van der Waals surface area contributed by atoms with Crippen LogP contribution in [0.4, 0.5) is 0 Å². The van der Waals surface area contributed by atoms with E-state index in [4.69, 9.17) is 16.0 Å². The van der Waals surface area contributed by atoms with Gasteiger partial charge >= 0.3 is 0 Å². The summed E-state index contributed by atoms with van der Waals surface area (Å²) in [5.41, 5.74) is 1.71. The molecule has 0 saturated carbocycles. The van der Waals surface area contributed by atoms with Gasteiger partial charge in [-0.05, 0) is 73.2 Å².